The van der Waals surface area contributed by atoms with Crippen molar-refractivity contribution in [2.24, 2.45) is 5.14 Å². The number of sulfonamides is 1. The van der Waals surface area contributed by atoms with E-state index in [1.165, 1.54) is 18.2 Å². The fourth-order valence-electron chi connectivity index (χ4n) is 1.95. The first-order chi connectivity index (χ1) is 10.8. The summed E-state index contributed by atoms with van der Waals surface area (Å²) in [6.45, 7) is 0. The average Bonchev–Trinajstić information content (AvgIpc) is 2.87. The van der Waals surface area contributed by atoms with E-state index in [1.54, 1.807) is 24.3 Å². The molecular formula is C14H10ClN3O3S2. The maximum atomic E-state index is 12.2. The highest BCUT2D eigenvalue weighted by molar-refractivity contribution is 7.89. The molecule has 1 aromatic heterocycles. The lowest BCUT2D eigenvalue weighted by atomic mass is 10.2. The van der Waals surface area contributed by atoms with Crippen LogP contribution in [0.15, 0.2) is 47.4 Å². The molecule has 0 radical (unpaired) electrons. The molecule has 2 aromatic carbocycles. The predicted octanol–water partition coefficient (Wildman–Crippen LogP) is 2.85. The number of halogens is 1. The van der Waals surface area contributed by atoms with Crippen LogP contribution in [0.1, 0.15) is 10.4 Å². The van der Waals surface area contributed by atoms with Gasteiger partial charge in [-0.25, -0.2) is 18.5 Å². The number of primary sulfonamides is 1. The molecule has 6 nitrogen and oxygen atoms in total. The van der Waals surface area contributed by atoms with E-state index in [0.29, 0.717) is 25.9 Å². The number of nitrogens with zero attached hydrogens (tertiary/aromatic N) is 1. The van der Waals surface area contributed by atoms with Gasteiger partial charge in [0.15, 0.2) is 5.13 Å². The predicted molar refractivity (Wildman–Crippen MR) is 90.4 cm³/mol. The molecule has 3 N–H and O–H groups in total. The number of thiazole rings is 1. The highest BCUT2D eigenvalue weighted by Crippen LogP contribution is 2.28. The van der Waals surface area contributed by atoms with Crippen LogP contribution >= 0.6 is 22.9 Å². The molecule has 1 amide bonds. The highest BCUT2D eigenvalue weighted by atomic mass is 35.5. The van der Waals surface area contributed by atoms with Crippen LogP contribution in [0.5, 0.6) is 0 Å². The van der Waals surface area contributed by atoms with Crippen molar-refractivity contribution in [2.75, 3.05) is 5.32 Å². The van der Waals surface area contributed by atoms with Crippen molar-refractivity contribution in [3.8, 4) is 0 Å². The van der Waals surface area contributed by atoms with Gasteiger partial charge in [0.2, 0.25) is 10.0 Å². The van der Waals surface area contributed by atoms with Crippen molar-refractivity contribution in [2.45, 2.75) is 4.90 Å². The molecule has 23 heavy (non-hydrogen) atoms. The quantitative estimate of drug-likeness (QED) is 0.742. The molecule has 0 fully saturated rings. The van der Waals surface area contributed by atoms with E-state index in [-0.39, 0.29) is 10.8 Å². The van der Waals surface area contributed by atoms with Crippen LogP contribution in [0.2, 0.25) is 5.02 Å². The van der Waals surface area contributed by atoms with Gasteiger partial charge in [-0.3, -0.25) is 10.1 Å². The zero-order valence-corrected chi connectivity index (χ0v) is 13.9. The van der Waals surface area contributed by atoms with Gasteiger partial charge in [0.25, 0.3) is 5.91 Å². The molecule has 0 bridgehead atoms. The summed E-state index contributed by atoms with van der Waals surface area (Å²) in [6.07, 6.45) is 0. The smallest absolute Gasteiger partial charge is 0.258 e. The average molecular weight is 368 g/mol. The standard InChI is InChI=1S/C14H10ClN3O3S2/c15-10-4-2-1-3-9(10)13(19)18-14-17-11-6-5-8(23(16,20)21)7-12(11)22-14/h1-7H,(H2,16,20,21)(H,17,18,19). The Morgan fingerprint density at radius 2 is 1.96 bits per heavy atom. The fraction of sp³-hybridized carbons (Fsp3) is 0. The molecule has 0 aliphatic carbocycles. The minimum Gasteiger partial charge on any atom is -0.298 e. The van der Waals surface area contributed by atoms with Crippen molar-refractivity contribution in [1.29, 1.82) is 0 Å². The van der Waals surface area contributed by atoms with Crippen molar-refractivity contribution in [1.82, 2.24) is 4.98 Å². The zero-order valence-electron chi connectivity index (χ0n) is 11.5. The second-order valence-electron chi connectivity index (χ2n) is 4.63. The van der Waals surface area contributed by atoms with E-state index in [2.05, 4.69) is 10.3 Å². The number of nitrogens with two attached hydrogens (primary N) is 1. The SMILES string of the molecule is NS(=O)(=O)c1ccc2nc(NC(=O)c3ccccc3Cl)sc2c1. The first-order valence-corrected chi connectivity index (χ1v) is 9.08. The summed E-state index contributed by atoms with van der Waals surface area (Å²) < 4.78 is 23.3. The fourth-order valence-corrected chi connectivity index (χ4v) is 3.68. The van der Waals surface area contributed by atoms with Crippen LogP contribution in [0.3, 0.4) is 0 Å². The summed E-state index contributed by atoms with van der Waals surface area (Å²) in [4.78, 5) is 16.4. The number of anilines is 1. The monoisotopic (exact) mass is 367 g/mol. The highest BCUT2D eigenvalue weighted by Gasteiger charge is 2.14. The second kappa shape index (κ2) is 5.89. The summed E-state index contributed by atoms with van der Waals surface area (Å²) in [7, 11) is -3.78. The number of fused-ring (bicyclic) bond motifs is 1. The Bertz CT molecular complexity index is 1020. The molecule has 1 heterocycles. The molecular weight excluding hydrogens is 358 g/mol. The molecule has 0 atom stereocenters. The van der Waals surface area contributed by atoms with E-state index >= 15 is 0 Å². The van der Waals surface area contributed by atoms with E-state index in [9.17, 15) is 13.2 Å². The van der Waals surface area contributed by atoms with Crippen molar-refractivity contribution >= 4 is 54.2 Å². The van der Waals surface area contributed by atoms with Gasteiger partial charge < -0.3 is 0 Å². The number of aromatic nitrogens is 1. The van der Waals surface area contributed by atoms with Crippen molar-refractivity contribution in [3.63, 3.8) is 0 Å². The van der Waals surface area contributed by atoms with Crippen LogP contribution < -0.4 is 10.5 Å². The number of amides is 1. The molecule has 3 aromatic rings. The third-order valence-corrected chi connectivity index (χ3v) is 5.20. The van der Waals surface area contributed by atoms with Crippen molar-refractivity contribution < 1.29 is 13.2 Å². The summed E-state index contributed by atoms with van der Waals surface area (Å²) in [6, 6.07) is 11.0. The maximum absolute atomic E-state index is 12.2. The van der Waals surface area contributed by atoms with Crippen LogP contribution in [-0.2, 0) is 10.0 Å². The lowest BCUT2D eigenvalue weighted by Gasteiger charge is -2.02. The summed E-state index contributed by atoms with van der Waals surface area (Å²) in [5.74, 6) is -0.388. The third kappa shape index (κ3) is 3.35. The molecule has 0 aliphatic heterocycles. The largest absolute Gasteiger partial charge is 0.298 e. The Hall–Kier alpha value is -2.00. The van der Waals surface area contributed by atoms with Crippen LogP contribution in [0.25, 0.3) is 10.2 Å². The maximum Gasteiger partial charge on any atom is 0.258 e. The number of carbonyl (C=O) groups excluding carboxylic acids is 1. The van der Waals surface area contributed by atoms with Gasteiger partial charge in [-0.15, -0.1) is 0 Å². The summed E-state index contributed by atoms with van der Waals surface area (Å²) in [5, 5.41) is 8.43. The van der Waals surface area contributed by atoms with Crippen LogP contribution in [-0.4, -0.2) is 19.3 Å². The Morgan fingerprint density at radius 1 is 1.22 bits per heavy atom. The first-order valence-electron chi connectivity index (χ1n) is 6.34. The molecule has 0 aliphatic rings. The summed E-state index contributed by atoms with van der Waals surface area (Å²) >= 11 is 7.13. The molecule has 3 rings (SSSR count). The van der Waals surface area contributed by atoms with Crippen LogP contribution in [0, 0.1) is 0 Å². The van der Waals surface area contributed by atoms with E-state index < -0.39 is 10.0 Å². The van der Waals surface area contributed by atoms with Crippen LogP contribution in [0.4, 0.5) is 5.13 Å². The molecule has 0 saturated heterocycles. The Labute approximate surface area is 141 Å². The first kappa shape index (κ1) is 15.9. The van der Waals surface area contributed by atoms with Crippen molar-refractivity contribution in [3.05, 3.63) is 53.1 Å². The number of nitrogens with one attached hydrogen (secondary N) is 1. The van der Waals surface area contributed by atoms with Gasteiger partial charge in [0.05, 0.1) is 25.7 Å². The molecule has 0 saturated carbocycles. The Kier molecular flexibility index (Phi) is 4.07. The topological polar surface area (TPSA) is 102 Å². The number of hydrogen-bond donors (Lipinski definition) is 2. The van der Waals surface area contributed by atoms with Gasteiger partial charge in [0.1, 0.15) is 0 Å². The Morgan fingerprint density at radius 3 is 2.65 bits per heavy atom. The Balaban J connectivity index is 1.92. The van der Waals surface area contributed by atoms with E-state index in [1.807, 2.05) is 0 Å². The number of benzene rings is 2. The minimum atomic E-state index is -3.78. The third-order valence-electron chi connectivity index (χ3n) is 3.03. The second-order valence-corrected chi connectivity index (χ2v) is 7.63. The van der Waals surface area contributed by atoms with Gasteiger partial charge >= 0.3 is 0 Å². The molecule has 0 unspecified atom stereocenters. The molecule has 0 spiro atoms. The van der Waals surface area contributed by atoms with E-state index in [4.69, 9.17) is 16.7 Å². The number of rotatable bonds is 3. The lowest BCUT2D eigenvalue weighted by Crippen LogP contribution is -2.12. The van der Waals surface area contributed by atoms with Gasteiger partial charge in [-0.05, 0) is 30.3 Å². The zero-order chi connectivity index (χ0) is 16.6. The molecule has 9 heteroatoms. The van der Waals surface area contributed by atoms with E-state index in [0.717, 1.165) is 11.3 Å². The summed E-state index contributed by atoms with van der Waals surface area (Å²) in [5.41, 5.74) is 0.899. The number of hydrogen-bond acceptors (Lipinski definition) is 5. The number of carbonyl (C=O) groups is 1. The van der Waals surface area contributed by atoms with Gasteiger partial charge in [-0.1, -0.05) is 35.1 Å². The normalized spacial score (nSPS) is 11.6. The molecule has 118 valence electrons. The van der Waals surface area contributed by atoms with Gasteiger partial charge in [-0.2, -0.15) is 0 Å². The lowest BCUT2D eigenvalue weighted by molar-refractivity contribution is 0.102. The minimum absolute atomic E-state index is 0.00219. The van der Waals surface area contributed by atoms with Gasteiger partial charge in [0, 0.05) is 0 Å².